The van der Waals surface area contributed by atoms with Gasteiger partial charge >= 0.3 is 24.3 Å². The first-order chi connectivity index (χ1) is 18.1. The summed E-state index contributed by atoms with van der Waals surface area (Å²) < 4.78 is 77.2. The van der Waals surface area contributed by atoms with Crippen LogP contribution in [0.5, 0.6) is 5.88 Å². The van der Waals surface area contributed by atoms with Gasteiger partial charge in [0.25, 0.3) is 0 Å². The molecule has 2 aromatic heterocycles. The van der Waals surface area contributed by atoms with E-state index in [1.807, 2.05) is 36.1 Å². The number of alkyl halides is 6. The molecule has 0 amide bonds. The highest BCUT2D eigenvalue weighted by molar-refractivity contribution is 5.73. The molecule has 1 spiro atoms. The van der Waals surface area contributed by atoms with Crippen molar-refractivity contribution in [3.8, 4) is 5.88 Å². The van der Waals surface area contributed by atoms with Gasteiger partial charge < -0.3 is 19.7 Å². The molecule has 2 fully saturated rings. The maximum atomic E-state index is 10.6. The van der Waals surface area contributed by atoms with Gasteiger partial charge in [0.05, 0.1) is 18.4 Å². The number of likely N-dealkylation sites (tertiary alicyclic amines) is 1. The van der Waals surface area contributed by atoms with Crippen LogP contribution in [-0.2, 0) is 27.9 Å². The average Bonchev–Trinajstić information content (AvgIpc) is 3.23. The number of carboxylic acid groups (broad SMARTS) is 2. The lowest BCUT2D eigenvalue weighted by atomic mass is 9.79. The normalized spacial score (nSPS) is 18.6. The van der Waals surface area contributed by atoms with Crippen molar-refractivity contribution < 1.29 is 55.6 Å². The van der Waals surface area contributed by atoms with Crippen LogP contribution in [-0.4, -0.2) is 86.1 Å². The molecular formula is C23H28F6N4O6. The lowest BCUT2D eigenvalue weighted by Gasteiger charge is -2.53. The Morgan fingerprint density at radius 2 is 1.74 bits per heavy atom. The monoisotopic (exact) mass is 570 g/mol. The van der Waals surface area contributed by atoms with E-state index >= 15 is 0 Å². The number of rotatable bonds is 6. The van der Waals surface area contributed by atoms with E-state index < -0.39 is 24.3 Å². The summed E-state index contributed by atoms with van der Waals surface area (Å²) in [7, 11) is 1.96. The van der Waals surface area contributed by atoms with Crippen molar-refractivity contribution in [2.75, 3.05) is 26.3 Å². The number of hydrogen-bond donors (Lipinski definition) is 2. The molecular weight excluding hydrogens is 542 g/mol. The second-order valence-electron chi connectivity index (χ2n) is 8.97. The van der Waals surface area contributed by atoms with Gasteiger partial charge in [-0.25, -0.2) is 14.6 Å². The Morgan fingerprint density at radius 1 is 1.13 bits per heavy atom. The minimum absolute atomic E-state index is 0.0656. The highest BCUT2D eigenvalue weighted by atomic mass is 19.4. The zero-order chi connectivity index (χ0) is 29.3. The lowest BCUT2D eigenvalue weighted by Crippen LogP contribution is -2.64. The van der Waals surface area contributed by atoms with Crippen LogP contribution in [0.15, 0.2) is 36.8 Å². The summed E-state index contributed by atoms with van der Waals surface area (Å²) in [5.74, 6) is -4.12. The van der Waals surface area contributed by atoms with E-state index in [-0.39, 0.29) is 5.60 Å². The highest BCUT2D eigenvalue weighted by Gasteiger charge is 2.47. The maximum absolute atomic E-state index is 10.6. The van der Waals surface area contributed by atoms with E-state index in [0.717, 1.165) is 58.0 Å². The second-order valence-corrected chi connectivity index (χ2v) is 8.97. The van der Waals surface area contributed by atoms with Crippen LogP contribution in [0.3, 0.4) is 0 Å². The van der Waals surface area contributed by atoms with E-state index in [9.17, 15) is 26.3 Å². The molecule has 16 heteroatoms. The molecule has 2 N–H and O–H groups in total. The first-order valence-electron chi connectivity index (χ1n) is 11.6. The Balaban J connectivity index is 0.000000317. The molecule has 0 bridgehead atoms. The Labute approximate surface area is 219 Å². The maximum Gasteiger partial charge on any atom is 0.490 e. The Hall–Kier alpha value is -3.40. The molecule has 10 nitrogen and oxygen atoms in total. The molecule has 1 unspecified atom stereocenters. The predicted molar refractivity (Wildman–Crippen MR) is 122 cm³/mol. The van der Waals surface area contributed by atoms with Gasteiger partial charge in [0.1, 0.15) is 0 Å². The zero-order valence-electron chi connectivity index (χ0n) is 20.8. The summed E-state index contributed by atoms with van der Waals surface area (Å²) in [5, 5.41) is 18.5. The van der Waals surface area contributed by atoms with Crippen molar-refractivity contribution >= 4 is 11.9 Å². The van der Waals surface area contributed by atoms with Crippen LogP contribution >= 0.6 is 0 Å². The SMILES string of the molecule is Cn1cc(CN2CC3(CC(CCOc4ccccn4)CCO3)C2)cn1.O=C(O)C(F)(F)F.O=C(O)C(F)(F)F. The molecule has 4 heterocycles. The second kappa shape index (κ2) is 13.6. The van der Waals surface area contributed by atoms with Crippen LogP contribution in [0.4, 0.5) is 26.3 Å². The number of ether oxygens (including phenoxy) is 2. The van der Waals surface area contributed by atoms with Crippen LogP contribution in [0.1, 0.15) is 24.8 Å². The van der Waals surface area contributed by atoms with Gasteiger partial charge in [0.15, 0.2) is 0 Å². The molecule has 4 rings (SSSR count). The molecule has 2 saturated heterocycles. The first-order valence-corrected chi connectivity index (χ1v) is 11.6. The van der Waals surface area contributed by atoms with Crippen molar-refractivity contribution in [2.45, 2.75) is 43.8 Å². The van der Waals surface area contributed by atoms with Crippen LogP contribution in [0, 0.1) is 5.92 Å². The molecule has 1 atom stereocenters. The summed E-state index contributed by atoms with van der Waals surface area (Å²) in [6.45, 7) is 4.62. The molecule has 218 valence electrons. The minimum Gasteiger partial charge on any atom is -0.478 e. The van der Waals surface area contributed by atoms with E-state index in [1.165, 1.54) is 5.56 Å². The number of hydrogen-bond acceptors (Lipinski definition) is 7. The van der Waals surface area contributed by atoms with Crippen LogP contribution in [0.2, 0.25) is 0 Å². The number of carbonyl (C=O) groups is 2. The van der Waals surface area contributed by atoms with Gasteiger partial charge in [0, 0.05) is 57.3 Å². The fraction of sp³-hybridized carbons (Fsp3) is 0.565. The van der Waals surface area contributed by atoms with Gasteiger partial charge in [-0.3, -0.25) is 9.58 Å². The molecule has 2 aliphatic heterocycles. The third-order valence-electron chi connectivity index (χ3n) is 5.68. The average molecular weight is 570 g/mol. The van der Waals surface area contributed by atoms with E-state index in [2.05, 4.69) is 21.2 Å². The van der Waals surface area contributed by atoms with Gasteiger partial charge in [-0.1, -0.05) is 6.07 Å². The van der Waals surface area contributed by atoms with E-state index in [1.54, 1.807) is 6.20 Å². The summed E-state index contributed by atoms with van der Waals surface area (Å²) in [6.07, 6.45) is -1.01. The number of aromatic nitrogens is 3. The number of carboxylic acids is 2. The highest BCUT2D eigenvalue weighted by Crippen LogP contribution is 2.38. The fourth-order valence-electron chi connectivity index (χ4n) is 4.05. The van der Waals surface area contributed by atoms with E-state index in [0.29, 0.717) is 5.92 Å². The third kappa shape index (κ3) is 11.1. The summed E-state index contributed by atoms with van der Waals surface area (Å²) in [4.78, 5) is 24.4. The number of halogens is 6. The fourth-order valence-corrected chi connectivity index (χ4v) is 4.05. The molecule has 0 saturated carbocycles. The van der Waals surface area contributed by atoms with Gasteiger partial charge in [-0.15, -0.1) is 0 Å². The Kier molecular flexibility index (Phi) is 11.1. The first kappa shape index (κ1) is 31.8. The van der Waals surface area contributed by atoms with Crippen LogP contribution in [0.25, 0.3) is 0 Å². The summed E-state index contributed by atoms with van der Waals surface area (Å²) >= 11 is 0. The van der Waals surface area contributed by atoms with Crippen molar-refractivity contribution in [3.63, 3.8) is 0 Å². The number of aliphatic carboxylic acids is 2. The lowest BCUT2D eigenvalue weighted by molar-refractivity contribution is -0.193. The Morgan fingerprint density at radius 3 is 2.23 bits per heavy atom. The smallest absolute Gasteiger partial charge is 0.478 e. The Bertz CT molecular complexity index is 1030. The number of pyridine rings is 1. The molecule has 39 heavy (non-hydrogen) atoms. The predicted octanol–water partition coefficient (Wildman–Crippen LogP) is 3.53. The third-order valence-corrected chi connectivity index (χ3v) is 5.68. The van der Waals surface area contributed by atoms with Crippen molar-refractivity contribution in [3.05, 3.63) is 42.4 Å². The molecule has 0 radical (unpaired) electrons. The van der Waals surface area contributed by atoms with Gasteiger partial charge in [-0.05, 0) is 31.2 Å². The number of nitrogens with zero attached hydrogens (tertiary/aromatic N) is 4. The van der Waals surface area contributed by atoms with Crippen molar-refractivity contribution in [1.82, 2.24) is 19.7 Å². The molecule has 2 aromatic rings. The quantitative estimate of drug-likeness (QED) is 0.502. The summed E-state index contributed by atoms with van der Waals surface area (Å²) in [5.41, 5.74) is 1.34. The largest absolute Gasteiger partial charge is 0.490 e. The molecule has 0 aliphatic carbocycles. The van der Waals surface area contributed by atoms with E-state index in [4.69, 9.17) is 29.3 Å². The summed E-state index contributed by atoms with van der Waals surface area (Å²) in [6, 6.07) is 5.77. The molecule has 0 aromatic carbocycles. The van der Waals surface area contributed by atoms with Crippen molar-refractivity contribution in [2.24, 2.45) is 13.0 Å². The van der Waals surface area contributed by atoms with Gasteiger partial charge in [0.2, 0.25) is 5.88 Å². The minimum atomic E-state index is -5.08. The molecule has 2 aliphatic rings. The van der Waals surface area contributed by atoms with Crippen molar-refractivity contribution in [1.29, 1.82) is 0 Å². The van der Waals surface area contributed by atoms with Crippen LogP contribution < -0.4 is 4.74 Å². The number of aryl methyl sites for hydroxylation is 1. The standard InChI is InChI=1S/C19H26N4O2.2C2HF3O2/c1-22-12-17(11-21-22)13-23-14-19(15-23)10-16(6-9-25-19)5-8-24-18-4-2-3-7-20-18;2*3-2(4,5)1(6)7/h2-4,7,11-12,16H,5-6,8-10,13-15H2,1H3;2*(H,6,7). The zero-order valence-corrected chi connectivity index (χ0v) is 20.8. The topological polar surface area (TPSA) is 127 Å². The van der Waals surface area contributed by atoms with Gasteiger partial charge in [-0.2, -0.15) is 31.4 Å².